The maximum atomic E-state index is 10.9. The number of nitrogens with zero attached hydrogens (tertiary/aromatic N) is 4. The average Bonchev–Trinajstić information content (AvgIpc) is 2.54. The van der Waals surface area contributed by atoms with E-state index in [1.54, 1.807) is 0 Å². The van der Waals surface area contributed by atoms with Crippen LogP contribution in [-0.2, 0) is 9.33 Å². The predicted octanol–water partition coefficient (Wildman–Crippen LogP) is 1.56. The van der Waals surface area contributed by atoms with Crippen LogP contribution in [0.5, 0.6) is 6.01 Å². The number of hydrogen-bond acceptors (Lipinski definition) is 6. The molecule has 1 aliphatic carbocycles. The smallest absolute Gasteiger partial charge is 0.330 e. The van der Waals surface area contributed by atoms with E-state index in [1.807, 2.05) is 13.0 Å². The molecule has 0 aromatic carbocycles. The second-order valence-corrected chi connectivity index (χ2v) is 6.62. The molecule has 0 spiro atoms. The van der Waals surface area contributed by atoms with Gasteiger partial charge in [0, 0.05) is 11.6 Å². The van der Waals surface area contributed by atoms with Crippen molar-refractivity contribution in [2.75, 3.05) is 0 Å². The van der Waals surface area contributed by atoms with Crippen molar-refractivity contribution < 1.29 is 12.6 Å². The molecule has 0 unspecified atom stereocenters. The highest BCUT2D eigenvalue weighted by atomic mass is 35.7. The summed E-state index contributed by atoms with van der Waals surface area (Å²) in [4.78, 5) is 8.11. The second-order valence-electron chi connectivity index (χ2n) is 4.53. The minimum absolute atomic E-state index is 0.311. The minimum Gasteiger partial charge on any atom is -0.330 e. The van der Waals surface area contributed by atoms with Gasteiger partial charge >= 0.3 is 15.3 Å². The van der Waals surface area contributed by atoms with Crippen LogP contribution in [0.1, 0.15) is 36.6 Å². The van der Waals surface area contributed by atoms with Gasteiger partial charge in [-0.3, -0.25) is 0 Å². The quantitative estimate of drug-likeness (QED) is 0.800. The van der Waals surface area contributed by atoms with Gasteiger partial charge in [0.1, 0.15) is 0 Å². The lowest BCUT2D eigenvalue weighted by Gasteiger charge is -2.25. The minimum atomic E-state index is -4.15. The molecule has 0 amide bonds. The van der Waals surface area contributed by atoms with Gasteiger partial charge in [-0.2, -0.15) is 17.9 Å². The number of hydrogen-bond donors (Lipinski definition) is 0. The van der Waals surface area contributed by atoms with Gasteiger partial charge in [-0.15, -0.1) is 5.10 Å². The number of halogens is 1. The SMILES string of the molecule is Cc1cc(C2CCC2)n2nc(OS(=O)(=O)Cl)nc2n1. The molecule has 1 saturated carbocycles. The molecule has 0 radical (unpaired) electrons. The first kappa shape index (κ1) is 12.6. The molecular formula is C10H11ClN4O3S. The standard InChI is InChI=1S/C10H11ClN4O3S/c1-6-5-8(7-3-2-4-7)15-9(12-6)13-10(14-15)18-19(11,16)17/h5,7H,2-4H2,1H3. The molecule has 3 rings (SSSR count). The summed E-state index contributed by atoms with van der Waals surface area (Å²) in [5, 5.41) is 4.00. The summed E-state index contributed by atoms with van der Waals surface area (Å²) < 4.78 is 27.7. The molecule has 0 atom stereocenters. The van der Waals surface area contributed by atoms with E-state index in [-0.39, 0.29) is 6.01 Å². The number of aromatic nitrogens is 4. The Morgan fingerprint density at radius 3 is 2.74 bits per heavy atom. The zero-order valence-electron chi connectivity index (χ0n) is 10.1. The summed E-state index contributed by atoms with van der Waals surface area (Å²) in [7, 11) is 0.854. The zero-order valence-corrected chi connectivity index (χ0v) is 11.6. The van der Waals surface area contributed by atoms with Crippen LogP contribution in [0.2, 0.25) is 0 Å². The molecule has 2 heterocycles. The first-order chi connectivity index (χ1) is 8.92. The van der Waals surface area contributed by atoms with Crippen molar-refractivity contribution >= 4 is 25.8 Å². The van der Waals surface area contributed by atoms with Crippen molar-refractivity contribution in [2.24, 2.45) is 0 Å². The van der Waals surface area contributed by atoms with Crippen LogP contribution >= 0.6 is 10.7 Å². The topological polar surface area (TPSA) is 86.5 Å². The summed E-state index contributed by atoms with van der Waals surface area (Å²) in [6.07, 6.45) is 3.35. The van der Waals surface area contributed by atoms with E-state index < -0.39 is 9.33 Å². The molecular weight excluding hydrogens is 292 g/mol. The summed E-state index contributed by atoms with van der Waals surface area (Å²) in [6.45, 7) is 1.86. The Labute approximate surface area is 114 Å². The highest BCUT2D eigenvalue weighted by Gasteiger charge is 2.24. The normalized spacial score (nSPS) is 16.5. The Bertz CT molecular complexity index is 739. The molecule has 1 fully saturated rings. The van der Waals surface area contributed by atoms with E-state index in [0.717, 1.165) is 24.2 Å². The zero-order chi connectivity index (χ0) is 13.6. The lowest BCUT2D eigenvalue weighted by Crippen LogP contribution is -2.14. The molecule has 1 aliphatic rings. The monoisotopic (exact) mass is 302 g/mol. The van der Waals surface area contributed by atoms with Crippen LogP contribution in [0.3, 0.4) is 0 Å². The number of rotatable bonds is 3. The first-order valence-corrected chi connectivity index (χ1v) is 8.04. The maximum absolute atomic E-state index is 10.9. The highest BCUT2D eigenvalue weighted by molar-refractivity contribution is 8.10. The summed E-state index contributed by atoms with van der Waals surface area (Å²) in [5.74, 6) is 0.726. The van der Waals surface area contributed by atoms with Gasteiger partial charge in [-0.05, 0) is 25.8 Å². The van der Waals surface area contributed by atoms with Crippen molar-refractivity contribution in [3.05, 3.63) is 17.5 Å². The van der Waals surface area contributed by atoms with E-state index in [0.29, 0.717) is 11.7 Å². The molecule has 2 aromatic heterocycles. The molecule has 0 bridgehead atoms. The average molecular weight is 303 g/mol. The van der Waals surface area contributed by atoms with Gasteiger partial charge in [-0.1, -0.05) is 6.42 Å². The highest BCUT2D eigenvalue weighted by Crippen LogP contribution is 2.36. The third-order valence-corrected chi connectivity index (χ3v) is 3.68. The molecule has 7 nitrogen and oxygen atoms in total. The summed E-state index contributed by atoms with van der Waals surface area (Å²) in [6, 6.07) is 1.62. The lowest BCUT2D eigenvalue weighted by molar-refractivity contribution is 0.402. The van der Waals surface area contributed by atoms with E-state index in [2.05, 4.69) is 19.2 Å². The fourth-order valence-electron chi connectivity index (χ4n) is 2.12. The molecule has 0 saturated heterocycles. The Hall–Kier alpha value is -1.41. The number of aryl methyl sites for hydroxylation is 1. The van der Waals surface area contributed by atoms with Gasteiger partial charge in [0.2, 0.25) is 0 Å². The van der Waals surface area contributed by atoms with Crippen molar-refractivity contribution in [3.8, 4) is 6.01 Å². The van der Waals surface area contributed by atoms with E-state index in [1.165, 1.54) is 10.9 Å². The van der Waals surface area contributed by atoms with Gasteiger partial charge in [0.15, 0.2) is 0 Å². The van der Waals surface area contributed by atoms with Crippen LogP contribution in [0.15, 0.2) is 6.07 Å². The van der Waals surface area contributed by atoms with Crippen LogP contribution in [0.4, 0.5) is 0 Å². The third kappa shape index (κ3) is 2.50. The Kier molecular flexibility index (Phi) is 2.86. The van der Waals surface area contributed by atoms with Crippen molar-refractivity contribution in [1.29, 1.82) is 0 Å². The van der Waals surface area contributed by atoms with E-state index in [9.17, 15) is 8.42 Å². The Balaban J connectivity index is 2.10. The van der Waals surface area contributed by atoms with Gasteiger partial charge < -0.3 is 4.18 Å². The lowest BCUT2D eigenvalue weighted by atomic mass is 9.82. The fourth-order valence-corrected chi connectivity index (χ4v) is 2.53. The predicted molar refractivity (Wildman–Crippen MR) is 67.5 cm³/mol. The van der Waals surface area contributed by atoms with Gasteiger partial charge in [-0.25, -0.2) is 4.98 Å². The fraction of sp³-hybridized carbons (Fsp3) is 0.500. The largest absolute Gasteiger partial charge is 0.403 e. The van der Waals surface area contributed by atoms with Crippen LogP contribution < -0.4 is 4.18 Å². The molecule has 9 heteroatoms. The van der Waals surface area contributed by atoms with Crippen molar-refractivity contribution in [2.45, 2.75) is 32.1 Å². The van der Waals surface area contributed by atoms with Crippen LogP contribution in [0.25, 0.3) is 5.78 Å². The van der Waals surface area contributed by atoms with Crippen molar-refractivity contribution in [1.82, 2.24) is 19.6 Å². The molecule has 102 valence electrons. The number of fused-ring (bicyclic) bond motifs is 1. The second kappa shape index (κ2) is 4.31. The van der Waals surface area contributed by atoms with E-state index >= 15 is 0 Å². The van der Waals surface area contributed by atoms with Crippen LogP contribution in [-0.4, -0.2) is 28.0 Å². The van der Waals surface area contributed by atoms with Crippen LogP contribution in [0, 0.1) is 6.92 Å². The summed E-state index contributed by atoms with van der Waals surface area (Å²) in [5.41, 5.74) is 1.78. The van der Waals surface area contributed by atoms with E-state index in [4.69, 9.17) is 10.7 Å². The summed E-state index contributed by atoms with van der Waals surface area (Å²) >= 11 is 0. The Morgan fingerprint density at radius 1 is 1.42 bits per heavy atom. The van der Waals surface area contributed by atoms with Gasteiger partial charge in [0.05, 0.1) is 16.4 Å². The molecule has 0 N–H and O–H groups in total. The van der Waals surface area contributed by atoms with Crippen molar-refractivity contribution in [3.63, 3.8) is 0 Å². The third-order valence-electron chi connectivity index (χ3n) is 3.15. The molecule has 2 aromatic rings. The van der Waals surface area contributed by atoms with Gasteiger partial charge in [0.25, 0.3) is 5.78 Å². The maximum Gasteiger partial charge on any atom is 0.403 e. The Morgan fingerprint density at radius 2 is 2.16 bits per heavy atom. The first-order valence-electron chi connectivity index (χ1n) is 5.81. The molecule has 19 heavy (non-hydrogen) atoms. The molecule has 0 aliphatic heterocycles.